The highest BCUT2D eigenvalue weighted by atomic mass is 16.1. The highest BCUT2D eigenvalue weighted by Crippen LogP contribution is 2.40. The molecule has 1 aliphatic carbocycles. The van der Waals surface area contributed by atoms with E-state index in [-0.39, 0.29) is 5.78 Å². The molecule has 0 unspecified atom stereocenters. The monoisotopic (exact) mass is 244 g/mol. The first kappa shape index (κ1) is 10.5. The lowest BCUT2D eigenvalue weighted by Gasteiger charge is -2.21. The van der Waals surface area contributed by atoms with E-state index in [0.717, 1.165) is 33.0 Å². The van der Waals surface area contributed by atoms with Crippen molar-refractivity contribution in [2.24, 2.45) is 0 Å². The Balaban J connectivity index is 2.30. The van der Waals surface area contributed by atoms with Crippen molar-refractivity contribution in [1.29, 1.82) is 0 Å². The molecular formula is C18H12O. The zero-order valence-corrected chi connectivity index (χ0v) is 10.6. The van der Waals surface area contributed by atoms with Gasteiger partial charge in [0.05, 0.1) is 0 Å². The highest BCUT2D eigenvalue weighted by molar-refractivity contribution is 6.26. The van der Waals surface area contributed by atoms with Gasteiger partial charge in [0.1, 0.15) is 0 Å². The van der Waals surface area contributed by atoms with E-state index in [1.54, 1.807) is 0 Å². The number of hydrogen-bond donors (Lipinski definition) is 0. The van der Waals surface area contributed by atoms with Crippen LogP contribution >= 0.6 is 0 Å². The highest BCUT2D eigenvalue weighted by Gasteiger charge is 2.25. The van der Waals surface area contributed by atoms with Crippen LogP contribution in [0.2, 0.25) is 0 Å². The second-order valence-corrected chi connectivity index (χ2v) is 5.04. The molecule has 0 amide bonds. The number of benzene rings is 3. The zero-order valence-electron chi connectivity index (χ0n) is 10.6. The number of ketones is 1. The van der Waals surface area contributed by atoms with Crippen LogP contribution in [0.15, 0.2) is 54.6 Å². The van der Waals surface area contributed by atoms with Gasteiger partial charge in [0.25, 0.3) is 0 Å². The van der Waals surface area contributed by atoms with Crippen molar-refractivity contribution in [3.8, 4) is 11.1 Å². The summed E-state index contributed by atoms with van der Waals surface area (Å²) in [5.74, 6) is 0.150. The maximum atomic E-state index is 12.7. The van der Waals surface area contributed by atoms with Gasteiger partial charge in [-0.2, -0.15) is 0 Å². The van der Waals surface area contributed by atoms with Crippen molar-refractivity contribution in [2.45, 2.75) is 6.92 Å². The van der Waals surface area contributed by atoms with Gasteiger partial charge in [-0.25, -0.2) is 0 Å². The third-order valence-electron chi connectivity index (χ3n) is 3.94. The van der Waals surface area contributed by atoms with Gasteiger partial charge in [-0.05, 0) is 29.0 Å². The predicted molar refractivity (Wildman–Crippen MR) is 77.6 cm³/mol. The van der Waals surface area contributed by atoms with E-state index < -0.39 is 0 Å². The van der Waals surface area contributed by atoms with E-state index in [4.69, 9.17) is 0 Å². The van der Waals surface area contributed by atoms with Crippen LogP contribution in [0.3, 0.4) is 0 Å². The summed E-state index contributed by atoms with van der Waals surface area (Å²) < 4.78 is 0. The fourth-order valence-electron chi connectivity index (χ4n) is 3.05. The molecule has 90 valence electrons. The topological polar surface area (TPSA) is 17.1 Å². The summed E-state index contributed by atoms with van der Waals surface area (Å²) in [6.45, 7) is 2.01. The number of rotatable bonds is 0. The molecule has 3 aromatic rings. The molecule has 0 saturated heterocycles. The minimum Gasteiger partial charge on any atom is -0.289 e. The first-order valence-electron chi connectivity index (χ1n) is 6.44. The van der Waals surface area contributed by atoms with Crippen molar-refractivity contribution in [3.05, 3.63) is 71.3 Å². The van der Waals surface area contributed by atoms with Crippen LogP contribution in [0.5, 0.6) is 0 Å². The Hall–Kier alpha value is -2.41. The van der Waals surface area contributed by atoms with Crippen molar-refractivity contribution >= 4 is 16.6 Å². The van der Waals surface area contributed by atoms with Gasteiger partial charge >= 0.3 is 0 Å². The molecule has 1 aliphatic rings. The Morgan fingerprint density at radius 3 is 2.32 bits per heavy atom. The maximum absolute atomic E-state index is 12.7. The number of carbonyl (C=O) groups excluding carboxylic acids is 1. The van der Waals surface area contributed by atoms with Gasteiger partial charge in [-0.15, -0.1) is 0 Å². The van der Waals surface area contributed by atoms with Crippen LogP contribution < -0.4 is 0 Å². The van der Waals surface area contributed by atoms with E-state index in [9.17, 15) is 4.79 Å². The average molecular weight is 244 g/mol. The SMILES string of the molecule is Cc1ccc2cccc3c2c1C(=O)c1ccccc1-3. The molecule has 1 heteroatoms. The van der Waals surface area contributed by atoms with Crippen LogP contribution in [0.1, 0.15) is 21.5 Å². The molecule has 0 atom stereocenters. The summed E-state index contributed by atoms with van der Waals surface area (Å²) in [6.07, 6.45) is 0. The quantitative estimate of drug-likeness (QED) is 0.449. The molecule has 0 fully saturated rings. The van der Waals surface area contributed by atoms with Crippen LogP contribution in [0, 0.1) is 6.92 Å². The number of carbonyl (C=O) groups is 1. The fraction of sp³-hybridized carbons (Fsp3) is 0.0556. The minimum atomic E-state index is 0.150. The van der Waals surface area contributed by atoms with Crippen LogP contribution in [0.4, 0.5) is 0 Å². The summed E-state index contributed by atoms with van der Waals surface area (Å²) >= 11 is 0. The third kappa shape index (κ3) is 1.27. The summed E-state index contributed by atoms with van der Waals surface area (Å²) in [5.41, 5.74) is 4.96. The summed E-state index contributed by atoms with van der Waals surface area (Å²) in [5, 5.41) is 2.24. The van der Waals surface area contributed by atoms with Gasteiger partial charge in [0.15, 0.2) is 5.78 Å². The largest absolute Gasteiger partial charge is 0.289 e. The molecule has 1 nitrogen and oxygen atoms in total. The molecular weight excluding hydrogens is 232 g/mol. The Morgan fingerprint density at radius 2 is 1.47 bits per heavy atom. The molecule has 0 radical (unpaired) electrons. The van der Waals surface area contributed by atoms with E-state index in [1.165, 1.54) is 5.56 Å². The molecule has 0 bridgehead atoms. The number of hydrogen-bond acceptors (Lipinski definition) is 1. The summed E-state index contributed by atoms with van der Waals surface area (Å²) in [6, 6.07) is 18.3. The van der Waals surface area contributed by atoms with E-state index in [0.29, 0.717) is 0 Å². The lowest BCUT2D eigenvalue weighted by atomic mass is 9.81. The first-order chi connectivity index (χ1) is 9.27. The molecule has 0 saturated carbocycles. The Morgan fingerprint density at radius 1 is 0.737 bits per heavy atom. The van der Waals surface area contributed by atoms with Gasteiger partial charge < -0.3 is 0 Å². The first-order valence-corrected chi connectivity index (χ1v) is 6.44. The normalized spacial score (nSPS) is 12.6. The van der Waals surface area contributed by atoms with Crippen LogP contribution in [0.25, 0.3) is 21.9 Å². The van der Waals surface area contributed by atoms with Gasteiger partial charge in [0, 0.05) is 16.5 Å². The predicted octanol–water partition coefficient (Wildman–Crippen LogP) is 4.36. The Bertz CT molecular complexity index is 843. The van der Waals surface area contributed by atoms with Crippen molar-refractivity contribution in [1.82, 2.24) is 0 Å². The maximum Gasteiger partial charge on any atom is 0.194 e. The standard InChI is InChI=1S/C18H12O/c1-11-9-10-12-5-4-8-14-13-6-2-3-7-15(13)18(19)16(11)17(12)14/h2-10H,1H3. The molecule has 3 aromatic carbocycles. The van der Waals surface area contributed by atoms with E-state index >= 15 is 0 Å². The lowest BCUT2D eigenvalue weighted by molar-refractivity contribution is 0.103. The molecule has 0 N–H and O–H groups in total. The van der Waals surface area contributed by atoms with Crippen LogP contribution in [-0.2, 0) is 0 Å². The number of aryl methyl sites for hydroxylation is 1. The minimum absolute atomic E-state index is 0.150. The lowest BCUT2D eigenvalue weighted by Crippen LogP contribution is -2.11. The molecule has 0 heterocycles. The Kier molecular flexibility index (Phi) is 1.96. The molecule has 19 heavy (non-hydrogen) atoms. The summed E-state index contributed by atoms with van der Waals surface area (Å²) in [7, 11) is 0. The van der Waals surface area contributed by atoms with Crippen molar-refractivity contribution in [2.75, 3.05) is 0 Å². The zero-order chi connectivity index (χ0) is 13.0. The van der Waals surface area contributed by atoms with Crippen molar-refractivity contribution in [3.63, 3.8) is 0 Å². The average Bonchev–Trinajstić information content (AvgIpc) is 2.45. The third-order valence-corrected chi connectivity index (χ3v) is 3.94. The number of fused-ring (bicyclic) bond motifs is 2. The summed E-state index contributed by atoms with van der Waals surface area (Å²) in [4.78, 5) is 12.7. The molecule has 0 spiro atoms. The van der Waals surface area contributed by atoms with E-state index in [2.05, 4.69) is 24.3 Å². The van der Waals surface area contributed by atoms with Crippen molar-refractivity contribution < 1.29 is 4.79 Å². The second kappa shape index (κ2) is 3.55. The van der Waals surface area contributed by atoms with Crippen LogP contribution in [-0.4, -0.2) is 5.78 Å². The Labute approximate surface area is 111 Å². The molecule has 0 aliphatic heterocycles. The van der Waals surface area contributed by atoms with Gasteiger partial charge in [-0.3, -0.25) is 4.79 Å². The fourth-order valence-corrected chi connectivity index (χ4v) is 3.05. The van der Waals surface area contributed by atoms with Gasteiger partial charge in [0.2, 0.25) is 0 Å². The van der Waals surface area contributed by atoms with Gasteiger partial charge in [-0.1, -0.05) is 54.6 Å². The molecule has 4 rings (SSSR count). The second-order valence-electron chi connectivity index (χ2n) is 5.04. The molecule has 0 aromatic heterocycles. The smallest absolute Gasteiger partial charge is 0.194 e. The van der Waals surface area contributed by atoms with E-state index in [1.807, 2.05) is 37.3 Å².